The number of nitrogens with zero attached hydrogens (tertiary/aromatic N) is 3. The van der Waals surface area contributed by atoms with E-state index in [9.17, 15) is 14.7 Å². The summed E-state index contributed by atoms with van der Waals surface area (Å²) in [4.78, 5) is 25.7. The lowest BCUT2D eigenvalue weighted by molar-refractivity contribution is 0.0519. The summed E-state index contributed by atoms with van der Waals surface area (Å²) < 4.78 is 6.45. The van der Waals surface area contributed by atoms with Gasteiger partial charge in [-0.25, -0.2) is 14.3 Å². The predicted molar refractivity (Wildman–Crippen MR) is 90.7 cm³/mol. The van der Waals surface area contributed by atoms with E-state index < -0.39 is 12.1 Å². The fourth-order valence-electron chi connectivity index (χ4n) is 2.67. The zero-order chi connectivity index (χ0) is 17.8. The van der Waals surface area contributed by atoms with Crippen molar-refractivity contribution in [2.45, 2.75) is 19.4 Å². The molecule has 0 saturated carbocycles. The first-order chi connectivity index (χ1) is 12.1. The van der Waals surface area contributed by atoms with Crippen molar-refractivity contribution in [1.29, 1.82) is 0 Å². The standard InChI is InChI=1S/C17H20N4O4/c1-2-25-16(23)14-8-10-21(19-14)15-6-4-3-5-13(15)18-17(24)20-9-7-12(22)11-20/h3-6,8,10,12,22H,2,7,9,11H2,1H3,(H,18,24)/t12-/m0/s1. The minimum Gasteiger partial charge on any atom is -0.461 e. The normalized spacial score (nSPS) is 16.7. The van der Waals surface area contributed by atoms with Gasteiger partial charge in [-0.2, -0.15) is 5.10 Å². The number of esters is 1. The molecule has 0 radical (unpaired) electrons. The van der Waals surface area contributed by atoms with E-state index in [1.54, 1.807) is 42.3 Å². The van der Waals surface area contributed by atoms with Crippen LogP contribution in [0.3, 0.4) is 0 Å². The Bertz CT molecular complexity index is 774. The number of carbonyl (C=O) groups excluding carboxylic acids is 2. The summed E-state index contributed by atoms with van der Waals surface area (Å²) in [5, 5.41) is 16.6. The molecule has 2 amide bonds. The number of carbonyl (C=O) groups is 2. The lowest BCUT2D eigenvalue weighted by atomic mass is 10.2. The zero-order valence-corrected chi connectivity index (χ0v) is 13.9. The van der Waals surface area contributed by atoms with Crippen molar-refractivity contribution in [1.82, 2.24) is 14.7 Å². The smallest absolute Gasteiger partial charge is 0.358 e. The van der Waals surface area contributed by atoms with Crippen LogP contribution in [0.15, 0.2) is 36.5 Å². The summed E-state index contributed by atoms with van der Waals surface area (Å²) in [5.41, 5.74) is 1.39. The molecule has 1 fully saturated rings. The minimum atomic E-state index is -0.492. The highest BCUT2D eigenvalue weighted by Gasteiger charge is 2.25. The first-order valence-corrected chi connectivity index (χ1v) is 8.14. The minimum absolute atomic E-state index is 0.200. The molecular weight excluding hydrogens is 324 g/mol. The van der Waals surface area contributed by atoms with Crippen molar-refractivity contribution in [3.05, 3.63) is 42.2 Å². The van der Waals surface area contributed by atoms with Crippen LogP contribution in [0.4, 0.5) is 10.5 Å². The Labute approximate surface area is 145 Å². The number of para-hydroxylation sites is 2. The van der Waals surface area contributed by atoms with Crippen molar-refractivity contribution in [2.75, 3.05) is 25.0 Å². The summed E-state index contributed by atoms with van der Waals surface area (Å²) in [6.45, 7) is 2.85. The summed E-state index contributed by atoms with van der Waals surface area (Å²) in [6, 6.07) is 8.45. The summed E-state index contributed by atoms with van der Waals surface area (Å²) >= 11 is 0. The monoisotopic (exact) mass is 344 g/mol. The van der Waals surface area contributed by atoms with E-state index in [-0.39, 0.29) is 18.3 Å². The number of likely N-dealkylation sites (tertiary alicyclic amines) is 1. The molecule has 2 heterocycles. The van der Waals surface area contributed by atoms with Gasteiger partial charge >= 0.3 is 12.0 Å². The number of anilines is 1. The number of aromatic nitrogens is 2. The summed E-state index contributed by atoms with van der Waals surface area (Å²) in [5.74, 6) is -0.492. The van der Waals surface area contributed by atoms with Crippen molar-refractivity contribution < 1.29 is 19.4 Å². The highest BCUT2D eigenvalue weighted by atomic mass is 16.5. The fourth-order valence-corrected chi connectivity index (χ4v) is 2.67. The van der Waals surface area contributed by atoms with Crippen molar-refractivity contribution >= 4 is 17.7 Å². The van der Waals surface area contributed by atoms with Gasteiger partial charge in [0.05, 0.1) is 24.1 Å². The third kappa shape index (κ3) is 3.80. The second-order valence-electron chi connectivity index (χ2n) is 5.70. The van der Waals surface area contributed by atoms with E-state index in [0.717, 1.165) is 0 Å². The van der Waals surface area contributed by atoms with Crippen LogP contribution in [0.2, 0.25) is 0 Å². The first kappa shape index (κ1) is 17.0. The Kier molecular flexibility index (Phi) is 4.99. The molecule has 8 heteroatoms. The van der Waals surface area contributed by atoms with Gasteiger partial charge in [0.1, 0.15) is 0 Å². The van der Waals surface area contributed by atoms with Crippen LogP contribution in [-0.2, 0) is 4.74 Å². The summed E-state index contributed by atoms with van der Waals surface area (Å²) in [6.07, 6.45) is 1.74. The van der Waals surface area contributed by atoms with E-state index in [2.05, 4.69) is 10.4 Å². The molecule has 25 heavy (non-hydrogen) atoms. The van der Waals surface area contributed by atoms with Gasteiger partial charge in [-0.05, 0) is 31.5 Å². The quantitative estimate of drug-likeness (QED) is 0.822. The predicted octanol–water partition coefficient (Wildman–Crippen LogP) is 1.65. The van der Waals surface area contributed by atoms with E-state index in [4.69, 9.17) is 4.74 Å². The van der Waals surface area contributed by atoms with Crippen LogP contribution in [0.5, 0.6) is 0 Å². The van der Waals surface area contributed by atoms with Gasteiger partial charge in [-0.1, -0.05) is 12.1 Å². The Morgan fingerprint density at radius 2 is 2.16 bits per heavy atom. The number of nitrogens with one attached hydrogen (secondary N) is 1. The molecule has 8 nitrogen and oxygen atoms in total. The fraction of sp³-hybridized carbons (Fsp3) is 0.353. The van der Waals surface area contributed by atoms with Crippen molar-refractivity contribution in [2.24, 2.45) is 0 Å². The third-order valence-electron chi connectivity index (χ3n) is 3.92. The molecular formula is C17H20N4O4. The molecule has 1 aliphatic rings. The molecule has 0 aliphatic carbocycles. The van der Waals surface area contributed by atoms with E-state index >= 15 is 0 Å². The van der Waals surface area contributed by atoms with Crippen LogP contribution < -0.4 is 5.32 Å². The molecule has 3 rings (SSSR count). The van der Waals surface area contributed by atoms with Crippen molar-refractivity contribution in [3.8, 4) is 5.69 Å². The topological polar surface area (TPSA) is 96.7 Å². The maximum absolute atomic E-state index is 12.3. The number of amides is 2. The Balaban J connectivity index is 1.79. The van der Waals surface area contributed by atoms with Crippen LogP contribution in [0.1, 0.15) is 23.8 Å². The average Bonchev–Trinajstić information content (AvgIpc) is 3.25. The Hall–Kier alpha value is -2.87. The molecule has 132 valence electrons. The van der Waals surface area contributed by atoms with Gasteiger partial charge in [-0.15, -0.1) is 0 Å². The van der Waals surface area contributed by atoms with Crippen LogP contribution >= 0.6 is 0 Å². The number of aliphatic hydroxyl groups is 1. The maximum Gasteiger partial charge on any atom is 0.358 e. The second kappa shape index (κ2) is 7.35. The van der Waals surface area contributed by atoms with Gasteiger partial charge in [-0.3, -0.25) is 0 Å². The van der Waals surface area contributed by atoms with E-state index in [0.29, 0.717) is 30.9 Å². The molecule has 1 saturated heterocycles. The van der Waals surface area contributed by atoms with E-state index in [1.807, 2.05) is 6.07 Å². The maximum atomic E-state index is 12.3. The molecule has 1 aromatic heterocycles. The highest BCUT2D eigenvalue weighted by Crippen LogP contribution is 2.21. The van der Waals surface area contributed by atoms with Crippen LogP contribution in [0.25, 0.3) is 5.69 Å². The molecule has 0 spiro atoms. The van der Waals surface area contributed by atoms with Crippen LogP contribution in [0, 0.1) is 0 Å². The lowest BCUT2D eigenvalue weighted by Gasteiger charge is -2.18. The lowest BCUT2D eigenvalue weighted by Crippen LogP contribution is -2.33. The highest BCUT2D eigenvalue weighted by molar-refractivity contribution is 5.92. The average molecular weight is 344 g/mol. The molecule has 1 atom stereocenters. The number of hydrogen-bond donors (Lipinski definition) is 2. The molecule has 2 aromatic rings. The molecule has 2 N–H and O–H groups in total. The molecule has 0 unspecified atom stereocenters. The SMILES string of the molecule is CCOC(=O)c1ccn(-c2ccccc2NC(=O)N2CC[C@H](O)C2)n1. The number of rotatable bonds is 4. The Morgan fingerprint density at radius 3 is 2.88 bits per heavy atom. The van der Waals surface area contributed by atoms with Crippen LogP contribution in [-0.4, -0.2) is 57.6 Å². The van der Waals surface area contributed by atoms with E-state index in [1.165, 1.54) is 4.68 Å². The van der Waals surface area contributed by atoms with Gasteiger partial charge in [0.25, 0.3) is 0 Å². The molecule has 1 aromatic carbocycles. The first-order valence-electron chi connectivity index (χ1n) is 8.14. The number of aliphatic hydroxyl groups excluding tert-OH is 1. The molecule has 0 bridgehead atoms. The summed E-state index contributed by atoms with van der Waals surface area (Å²) in [7, 11) is 0. The van der Waals surface area contributed by atoms with Gasteiger partial charge in [0.15, 0.2) is 5.69 Å². The van der Waals surface area contributed by atoms with Gasteiger partial charge < -0.3 is 20.1 Å². The molecule has 1 aliphatic heterocycles. The largest absolute Gasteiger partial charge is 0.461 e. The Morgan fingerprint density at radius 1 is 1.36 bits per heavy atom. The number of ether oxygens (including phenoxy) is 1. The number of hydrogen-bond acceptors (Lipinski definition) is 5. The third-order valence-corrected chi connectivity index (χ3v) is 3.92. The second-order valence-corrected chi connectivity index (χ2v) is 5.70. The zero-order valence-electron chi connectivity index (χ0n) is 13.9. The van der Waals surface area contributed by atoms with Crippen molar-refractivity contribution in [3.63, 3.8) is 0 Å². The number of β-amino-alcohol motifs (C(OH)–C–C–N with tert-alkyl or cyclic N) is 1. The number of benzene rings is 1. The number of urea groups is 1. The van der Waals surface area contributed by atoms with Gasteiger partial charge in [0, 0.05) is 19.3 Å². The van der Waals surface area contributed by atoms with Gasteiger partial charge in [0.2, 0.25) is 0 Å².